The molecule has 68 valence electrons. The first kappa shape index (κ1) is 8.38. The Labute approximate surface area is 77.9 Å². The van der Waals surface area contributed by atoms with Crippen LogP contribution in [0.2, 0.25) is 0 Å². The molecule has 0 unspecified atom stereocenters. The molecule has 0 saturated heterocycles. The molecule has 0 aliphatic carbocycles. The molecule has 13 heavy (non-hydrogen) atoms. The highest BCUT2D eigenvalue weighted by atomic mass is 14.9. The molecule has 1 N–H and O–H groups in total. The van der Waals surface area contributed by atoms with Crippen molar-refractivity contribution in [2.75, 3.05) is 13.1 Å². The molecule has 0 spiro atoms. The summed E-state index contributed by atoms with van der Waals surface area (Å²) in [5, 5.41) is 3.33. The van der Waals surface area contributed by atoms with E-state index in [0.717, 1.165) is 25.3 Å². The third-order valence-corrected chi connectivity index (χ3v) is 2.33. The van der Waals surface area contributed by atoms with E-state index in [1.54, 1.807) is 12.4 Å². The number of nitrogens with zero attached hydrogens (tertiary/aromatic N) is 2. The van der Waals surface area contributed by atoms with Gasteiger partial charge >= 0.3 is 0 Å². The highest BCUT2D eigenvalue weighted by molar-refractivity contribution is 5.65. The summed E-state index contributed by atoms with van der Waals surface area (Å²) < 4.78 is 0. The van der Waals surface area contributed by atoms with E-state index in [0.29, 0.717) is 0 Å². The zero-order valence-corrected chi connectivity index (χ0v) is 7.75. The van der Waals surface area contributed by atoms with Crippen molar-refractivity contribution in [3.05, 3.63) is 29.9 Å². The number of aromatic nitrogens is 2. The molecule has 0 fully saturated rings. The summed E-state index contributed by atoms with van der Waals surface area (Å²) in [6.45, 7) is 4.13. The first-order valence-corrected chi connectivity index (χ1v) is 4.54. The molecule has 0 bridgehead atoms. The van der Waals surface area contributed by atoms with E-state index < -0.39 is 0 Å². The van der Waals surface area contributed by atoms with Crippen LogP contribution in [-0.2, 0) is 0 Å². The molecule has 0 atom stereocenters. The van der Waals surface area contributed by atoms with E-state index in [1.165, 1.54) is 11.1 Å². The maximum absolute atomic E-state index is 4.24. The molecule has 0 amide bonds. The van der Waals surface area contributed by atoms with Crippen molar-refractivity contribution in [1.82, 2.24) is 15.3 Å². The van der Waals surface area contributed by atoms with Gasteiger partial charge in [0.05, 0.1) is 0 Å². The van der Waals surface area contributed by atoms with Crippen molar-refractivity contribution < 1.29 is 0 Å². The number of nitrogens with one attached hydrogen (secondary N) is 1. The fourth-order valence-electron chi connectivity index (χ4n) is 1.52. The Morgan fingerprint density at radius 2 is 2.08 bits per heavy atom. The molecule has 3 heteroatoms. The normalized spacial score (nSPS) is 17.6. The van der Waals surface area contributed by atoms with Gasteiger partial charge in [-0.1, -0.05) is 5.57 Å². The van der Waals surface area contributed by atoms with Gasteiger partial charge in [0.15, 0.2) is 5.82 Å². The lowest BCUT2D eigenvalue weighted by atomic mass is 10.0. The van der Waals surface area contributed by atoms with E-state index in [9.17, 15) is 0 Å². The van der Waals surface area contributed by atoms with Gasteiger partial charge in [0, 0.05) is 24.5 Å². The van der Waals surface area contributed by atoms with Crippen LogP contribution in [-0.4, -0.2) is 23.1 Å². The average molecular weight is 175 g/mol. The van der Waals surface area contributed by atoms with Crippen LogP contribution in [0.1, 0.15) is 19.2 Å². The largest absolute Gasteiger partial charge is 0.312 e. The first-order valence-electron chi connectivity index (χ1n) is 4.54. The summed E-state index contributed by atoms with van der Waals surface area (Å²) in [6, 6.07) is 1.84. The van der Waals surface area contributed by atoms with Gasteiger partial charge in [-0.25, -0.2) is 9.97 Å². The van der Waals surface area contributed by atoms with Gasteiger partial charge in [-0.2, -0.15) is 0 Å². The Morgan fingerprint density at radius 1 is 1.31 bits per heavy atom. The van der Waals surface area contributed by atoms with Gasteiger partial charge in [-0.15, -0.1) is 0 Å². The average Bonchev–Trinajstić information content (AvgIpc) is 2.20. The van der Waals surface area contributed by atoms with Crippen LogP contribution in [0.25, 0.3) is 5.57 Å². The van der Waals surface area contributed by atoms with E-state index in [1.807, 2.05) is 6.07 Å². The lowest BCUT2D eigenvalue weighted by Crippen LogP contribution is -2.24. The van der Waals surface area contributed by atoms with Gasteiger partial charge in [-0.05, 0) is 26.0 Å². The van der Waals surface area contributed by atoms with E-state index in [-0.39, 0.29) is 0 Å². The third-order valence-electron chi connectivity index (χ3n) is 2.33. The van der Waals surface area contributed by atoms with Crippen molar-refractivity contribution in [3.8, 4) is 0 Å². The molecule has 0 radical (unpaired) electrons. The minimum Gasteiger partial charge on any atom is -0.312 e. The van der Waals surface area contributed by atoms with Gasteiger partial charge in [0.25, 0.3) is 0 Å². The Balaban J connectivity index is 2.35. The maximum Gasteiger partial charge on any atom is 0.156 e. The molecule has 0 saturated carbocycles. The molecule has 2 rings (SSSR count). The summed E-state index contributed by atoms with van der Waals surface area (Å²) in [5.41, 5.74) is 2.66. The van der Waals surface area contributed by atoms with Gasteiger partial charge in [0.1, 0.15) is 0 Å². The van der Waals surface area contributed by atoms with Gasteiger partial charge in [0.2, 0.25) is 0 Å². The highest BCUT2D eigenvalue weighted by Crippen LogP contribution is 2.18. The van der Waals surface area contributed by atoms with Crippen LogP contribution in [0, 0.1) is 0 Å². The van der Waals surface area contributed by atoms with Crippen LogP contribution in [0.15, 0.2) is 24.0 Å². The Morgan fingerprint density at radius 3 is 2.77 bits per heavy atom. The zero-order chi connectivity index (χ0) is 9.10. The minimum atomic E-state index is 0.868. The van der Waals surface area contributed by atoms with Crippen LogP contribution in [0.5, 0.6) is 0 Å². The second-order valence-electron chi connectivity index (χ2n) is 3.26. The monoisotopic (exact) mass is 175 g/mol. The van der Waals surface area contributed by atoms with Crippen LogP contribution < -0.4 is 5.32 Å². The van der Waals surface area contributed by atoms with Crippen LogP contribution >= 0.6 is 0 Å². The molecule has 2 heterocycles. The molecule has 1 aliphatic rings. The second-order valence-corrected chi connectivity index (χ2v) is 3.26. The first-order chi connectivity index (χ1) is 6.38. The third kappa shape index (κ3) is 1.75. The number of rotatable bonds is 1. The van der Waals surface area contributed by atoms with Gasteiger partial charge < -0.3 is 5.32 Å². The smallest absolute Gasteiger partial charge is 0.156 e. The fourth-order valence-corrected chi connectivity index (χ4v) is 1.52. The lowest BCUT2D eigenvalue weighted by Gasteiger charge is -2.17. The summed E-state index contributed by atoms with van der Waals surface area (Å²) in [7, 11) is 0. The van der Waals surface area contributed by atoms with Crippen LogP contribution in [0.3, 0.4) is 0 Å². The number of hydrogen-bond donors (Lipinski definition) is 1. The summed E-state index contributed by atoms with van der Waals surface area (Å²) in [5.74, 6) is 0.868. The summed E-state index contributed by atoms with van der Waals surface area (Å²) in [6.07, 6.45) is 4.68. The second kappa shape index (κ2) is 3.66. The van der Waals surface area contributed by atoms with Crippen molar-refractivity contribution in [2.45, 2.75) is 13.3 Å². The zero-order valence-electron chi connectivity index (χ0n) is 7.75. The molecular formula is C10H13N3. The number of hydrogen-bond acceptors (Lipinski definition) is 3. The molecule has 3 nitrogen and oxygen atoms in total. The molecular weight excluding hydrogens is 162 g/mol. The minimum absolute atomic E-state index is 0.868. The Kier molecular flexibility index (Phi) is 2.36. The summed E-state index contributed by atoms with van der Waals surface area (Å²) in [4.78, 5) is 8.49. The van der Waals surface area contributed by atoms with Crippen molar-refractivity contribution in [1.29, 1.82) is 0 Å². The lowest BCUT2D eigenvalue weighted by molar-refractivity contribution is 0.710. The summed E-state index contributed by atoms with van der Waals surface area (Å²) >= 11 is 0. The molecule has 1 aromatic heterocycles. The fraction of sp³-hybridized carbons (Fsp3) is 0.400. The maximum atomic E-state index is 4.24. The molecule has 1 aliphatic heterocycles. The van der Waals surface area contributed by atoms with E-state index in [2.05, 4.69) is 22.2 Å². The molecule has 1 aromatic rings. The van der Waals surface area contributed by atoms with Gasteiger partial charge in [-0.3, -0.25) is 0 Å². The highest BCUT2D eigenvalue weighted by Gasteiger charge is 2.11. The van der Waals surface area contributed by atoms with Crippen molar-refractivity contribution in [3.63, 3.8) is 0 Å². The quantitative estimate of drug-likeness (QED) is 0.698. The predicted molar refractivity (Wildman–Crippen MR) is 52.1 cm³/mol. The van der Waals surface area contributed by atoms with E-state index >= 15 is 0 Å². The van der Waals surface area contributed by atoms with Crippen LogP contribution in [0.4, 0.5) is 0 Å². The van der Waals surface area contributed by atoms with Crippen molar-refractivity contribution in [2.24, 2.45) is 0 Å². The molecule has 0 aromatic carbocycles. The Bertz CT molecular complexity index is 316. The van der Waals surface area contributed by atoms with E-state index in [4.69, 9.17) is 0 Å². The topological polar surface area (TPSA) is 37.8 Å². The predicted octanol–water partition coefficient (Wildman–Crippen LogP) is 1.24. The van der Waals surface area contributed by atoms with Crippen molar-refractivity contribution >= 4 is 5.57 Å². The Hall–Kier alpha value is -1.22. The standard InChI is InChI=1S/C10H13N3/c1-8-3-6-11-7-9(8)10-12-4-2-5-13-10/h2,4-5,11H,3,6-7H2,1H3. The SMILES string of the molecule is CC1=C(c2ncccn2)CNCC1.